The first kappa shape index (κ1) is 19.5. The summed E-state index contributed by atoms with van der Waals surface area (Å²) in [7, 11) is 0. The number of hydrogen-bond donors (Lipinski definition) is 2. The smallest absolute Gasteiger partial charge is 0.311 e. The van der Waals surface area contributed by atoms with Crippen LogP contribution in [0.2, 0.25) is 5.02 Å². The number of carbonyl (C=O) groups is 1. The van der Waals surface area contributed by atoms with E-state index in [0.717, 1.165) is 36.4 Å². The van der Waals surface area contributed by atoms with E-state index < -0.39 is 5.97 Å². The van der Waals surface area contributed by atoms with Crippen LogP contribution < -0.4 is 5.32 Å². The molecule has 0 radical (unpaired) electrons. The van der Waals surface area contributed by atoms with Crippen LogP contribution in [0.3, 0.4) is 0 Å². The molecule has 3 nitrogen and oxygen atoms in total. The van der Waals surface area contributed by atoms with E-state index in [4.69, 9.17) is 11.6 Å². The average Bonchev–Trinajstić information content (AvgIpc) is 3.17. The highest BCUT2D eigenvalue weighted by Crippen LogP contribution is 2.63. The van der Waals surface area contributed by atoms with E-state index >= 15 is 0 Å². The summed E-state index contributed by atoms with van der Waals surface area (Å²) in [4.78, 5) is 11.9. The minimum absolute atomic E-state index is 0.264. The van der Waals surface area contributed by atoms with Crippen LogP contribution in [0.1, 0.15) is 43.2 Å². The van der Waals surface area contributed by atoms with Gasteiger partial charge in [0.25, 0.3) is 0 Å². The second kappa shape index (κ2) is 8.26. The summed E-state index contributed by atoms with van der Waals surface area (Å²) in [6, 6.07) is 18.3. The third-order valence-electron chi connectivity index (χ3n) is 6.83. The number of nitrogens with one attached hydrogen (secondary N) is 1. The van der Waals surface area contributed by atoms with Gasteiger partial charge in [0.05, 0.1) is 5.92 Å². The highest BCUT2D eigenvalue weighted by molar-refractivity contribution is 6.30. The lowest BCUT2D eigenvalue weighted by Gasteiger charge is -2.25. The van der Waals surface area contributed by atoms with Crippen LogP contribution in [0, 0.1) is 23.7 Å². The molecule has 0 saturated heterocycles. The number of fused-ring (bicyclic) bond motifs is 1. The highest BCUT2D eigenvalue weighted by Gasteiger charge is 2.59. The number of aliphatic carboxylic acids is 1. The van der Waals surface area contributed by atoms with Gasteiger partial charge in [0.2, 0.25) is 0 Å². The Kier molecular flexibility index (Phi) is 5.75. The van der Waals surface area contributed by atoms with Crippen LogP contribution in [0.5, 0.6) is 0 Å². The van der Waals surface area contributed by atoms with E-state index in [-0.39, 0.29) is 11.8 Å². The Morgan fingerprint density at radius 3 is 2.32 bits per heavy atom. The molecule has 2 aliphatic carbocycles. The van der Waals surface area contributed by atoms with E-state index in [1.807, 2.05) is 42.5 Å². The maximum Gasteiger partial charge on any atom is 0.311 e. The largest absolute Gasteiger partial charge is 0.481 e. The van der Waals surface area contributed by atoms with Gasteiger partial charge in [0.15, 0.2) is 0 Å². The van der Waals surface area contributed by atoms with Gasteiger partial charge in [0.1, 0.15) is 0 Å². The number of carboxylic acids is 1. The Bertz CT molecular complexity index is 795. The van der Waals surface area contributed by atoms with Crippen LogP contribution in [0.4, 0.5) is 0 Å². The maximum atomic E-state index is 11.9. The third-order valence-corrected chi connectivity index (χ3v) is 7.08. The van der Waals surface area contributed by atoms with Crippen molar-refractivity contribution in [3.63, 3.8) is 0 Å². The summed E-state index contributed by atoms with van der Waals surface area (Å²) in [5, 5.41) is 14.3. The molecule has 0 bridgehead atoms. The number of benzene rings is 2. The lowest BCUT2D eigenvalue weighted by atomic mass is 9.81. The van der Waals surface area contributed by atoms with E-state index in [9.17, 15) is 9.90 Å². The van der Waals surface area contributed by atoms with Crippen LogP contribution in [-0.4, -0.2) is 17.1 Å². The molecule has 148 valence electrons. The SMILES string of the molecule is CCC(NCc1ccc(Cl)cc1)[C@H]1[C@@H]2C[C@@H](C(C(=O)O)c3ccccc3)C[C@@H]21. The molecule has 2 aromatic carbocycles. The van der Waals surface area contributed by atoms with Crippen molar-refractivity contribution in [3.05, 3.63) is 70.7 Å². The Morgan fingerprint density at radius 2 is 1.75 bits per heavy atom. The Morgan fingerprint density at radius 1 is 1.11 bits per heavy atom. The molecular formula is C24H28ClNO2. The van der Waals surface area contributed by atoms with Crippen molar-refractivity contribution in [3.8, 4) is 0 Å². The van der Waals surface area contributed by atoms with Gasteiger partial charge in [-0.25, -0.2) is 0 Å². The second-order valence-electron chi connectivity index (χ2n) is 8.39. The fourth-order valence-electron chi connectivity index (χ4n) is 5.48. The van der Waals surface area contributed by atoms with Gasteiger partial charge in [-0.1, -0.05) is 61.0 Å². The molecule has 2 fully saturated rings. The molecule has 0 aliphatic heterocycles. The lowest BCUT2D eigenvalue weighted by Crippen LogP contribution is -2.32. The fraction of sp³-hybridized carbons (Fsp3) is 0.458. The number of hydrogen-bond acceptors (Lipinski definition) is 2. The highest BCUT2D eigenvalue weighted by atomic mass is 35.5. The number of halogens is 1. The van der Waals surface area contributed by atoms with Crippen LogP contribution in [-0.2, 0) is 11.3 Å². The standard InChI is InChI=1S/C24H28ClNO2/c1-2-21(26-14-15-8-10-18(25)11-9-15)23-19-12-17(13-20(19)23)22(24(27)28)16-6-4-3-5-7-16/h3-11,17,19-23,26H,2,12-14H2,1H3,(H,27,28)/t17-,19-,20+,21?,22?,23+. The summed E-state index contributed by atoms with van der Waals surface area (Å²) in [5.74, 6) is 1.27. The summed E-state index contributed by atoms with van der Waals surface area (Å²) >= 11 is 5.97. The van der Waals surface area contributed by atoms with E-state index in [1.54, 1.807) is 0 Å². The first-order chi connectivity index (χ1) is 13.6. The molecule has 2 N–H and O–H groups in total. The first-order valence-corrected chi connectivity index (χ1v) is 10.7. The van der Waals surface area contributed by atoms with Crippen molar-refractivity contribution >= 4 is 17.6 Å². The van der Waals surface area contributed by atoms with Crippen molar-refractivity contribution in [1.82, 2.24) is 5.32 Å². The molecule has 2 unspecified atom stereocenters. The maximum absolute atomic E-state index is 11.9. The Labute approximate surface area is 172 Å². The fourth-order valence-corrected chi connectivity index (χ4v) is 5.61. The third kappa shape index (κ3) is 3.97. The van der Waals surface area contributed by atoms with Crippen molar-refractivity contribution in [2.45, 2.75) is 44.7 Å². The molecule has 0 heterocycles. The molecular weight excluding hydrogens is 370 g/mol. The molecule has 0 aromatic heterocycles. The Balaban J connectivity index is 1.35. The minimum atomic E-state index is -0.679. The summed E-state index contributed by atoms with van der Waals surface area (Å²) in [6.07, 6.45) is 3.19. The zero-order valence-electron chi connectivity index (χ0n) is 16.2. The molecule has 0 amide bonds. The predicted molar refractivity (Wildman–Crippen MR) is 112 cm³/mol. The molecule has 28 heavy (non-hydrogen) atoms. The van der Waals surface area contributed by atoms with E-state index in [0.29, 0.717) is 23.8 Å². The molecule has 6 atom stereocenters. The zero-order chi connectivity index (χ0) is 19.7. The van der Waals surface area contributed by atoms with Gasteiger partial charge < -0.3 is 10.4 Å². The van der Waals surface area contributed by atoms with Gasteiger partial charge in [0, 0.05) is 17.6 Å². The zero-order valence-corrected chi connectivity index (χ0v) is 17.0. The molecule has 0 spiro atoms. The van der Waals surface area contributed by atoms with Crippen molar-refractivity contribution < 1.29 is 9.90 Å². The van der Waals surface area contributed by atoms with Crippen molar-refractivity contribution in [2.75, 3.05) is 0 Å². The normalized spacial score (nSPS) is 27.8. The van der Waals surface area contributed by atoms with E-state index in [1.165, 1.54) is 5.56 Å². The number of rotatable bonds is 8. The summed E-state index contributed by atoms with van der Waals surface area (Å²) < 4.78 is 0. The van der Waals surface area contributed by atoms with Gasteiger partial charge in [-0.2, -0.15) is 0 Å². The van der Waals surface area contributed by atoms with Crippen LogP contribution >= 0.6 is 11.6 Å². The first-order valence-electron chi connectivity index (χ1n) is 10.3. The molecule has 2 saturated carbocycles. The van der Waals surface area contributed by atoms with Gasteiger partial charge in [-0.3, -0.25) is 4.79 Å². The molecule has 4 rings (SSSR count). The summed E-state index contributed by atoms with van der Waals surface area (Å²) in [5.41, 5.74) is 2.20. The quantitative estimate of drug-likeness (QED) is 0.631. The van der Waals surface area contributed by atoms with Crippen LogP contribution in [0.15, 0.2) is 54.6 Å². The lowest BCUT2D eigenvalue weighted by molar-refractivity contribution is -0.140. The second-order valence-corrected chi connectivity index (χ2v) is 8.82. The van der Waals surface area contributed by atoms with Crippen molar-refractivity contribution in [2.24, 2.45) is 23.7 Å². The van der Waals surface area contributed by atoms with Gasteiger partial charge >= 0.3 is 5.97 Å². The molecule has 4 heteroatoms. The predicted octanol–water partition coefficient (Wildman–Crippen LogP) is 5.35. The molecule has 2 aliphatic rings. The monoisotopic (exact) mass is 397 g/mol. The average molecular weight is 398 g/mol. The van der Waals surface area contributed by atoms with Crippen molar-refractivity contribution in [1.29, 1.82) is 0 Å². The van der Waals surface area contributed by atoms with Gasteiger partial charge in [-0.05, 0) is 66.2 Å². The molecule has 2 aromatic rings. The van der Waals surface area contributed by atoms with E-state index in [2.05, 4.69) is 24.4 Å². The topological polar surface area (TPSA) is 49.3 Å². The summed E-state index contributed by atoms with van der Waals surface area (Å²) in [6.45, 7) is 3.10. The minimum Gasteiger partial charge on any atom is -0.481 e. The van der Waals surface area contributed by atoms with Gasteiger partial charge in [-0.15, -0.1) is 0 Å². The Hall–Kier alpha value is -1.84. The number of carboxylic acid groups (broad SMARTS) is 1. The van der Waals surface area contributed by atoms with Crippen LogP contribution in [0.25, 0.3) is 0 Å².